The van der Waals surface area contributed by atoms with Crippen LogP contribution in [0.25, 0.3) is 0 Å². The lowest BCUT2D eigenvalue weighted by molar-refractivity contribution is 0.404. The minimum Gasteiger partial charge on any atom is -0.496 e. The first-order valence-electron chi connectivity index (χ1n) is 5.98. The van der Waals surface area contributed by atoms with Crippen molar-refractivity contribution in [2.45, 2.75) is 39.0 Å². The average Bonchev–Trinajstić information content (AvgIpc) is 2.28. The lowest BCUT2D eigenvalue weighted by Crippen LogP contribution is -2.06. The van der Waals surface area contributed by atoms with Crippen molar-refractivity contribution < 1.29 is 4.74 Å². The van der Waals surface area contributed by atoms with E-state index in [1.165, 1.54) is 11.1 Å². The Labute approximate surface area is 98.8 Å². The van der Waals surface area contributed by atoms with Gasteiger partial charge >= 0.3 is 0 Å². The summed E-state index contributed by atoms with van der Waals surface area (Å²) in [7, 11) is 1.73. The van der Waals surface area contributed by atoms with Crippen LogP contribution in [0.15, 0.2) is 18.2 Å². The number of methoxy groups -OCH3 is 1. The van der Waals surface area contributed by atoms with E-state index in [0.717, 1.165) is 18.7 Å². The van der Waals surface area contributed by atoms with Crippen LogP contribution in [0.3, 0.4) is 0 Å². The normalized spacial score (nSPS) is 12.9. The SMILES string of the molecule is COc1cc(C(C)C)ccc1C(C)CCN. The molecule has 16 heavy (non-hydrogen) atoms. The first-order chi connectivity index (χ1) is 7.60. The summed E-state index contributed by atoms with van der Waals surface area (Å²) in [6.45, 7) is 7.30. The van der Waals surface area contributed by atoms with Crippen LogP contribution >= 0.6 is 0 Å². The maximum atomic E-state index is 5.60. The van der Waals surface area contributed by atoms with Crippen LogP contribution in [0.4, 0.5) is 0 Å². The first kappa shape index (κ1) is 13.0. The van der Waals surface area contributed by atoms with Crippen molar-refractivity contribution in [1.82, 2.24) is 0 Å². The number of nitrogens with two attached hydrogens (primary N) is 1. The average molecular weight is 221 g/mol. The lowest BCUT2D eigenvalue weighted by atomic mass is 9.93. The molecule has 0 radical (unpaired) electrons. The molecule has 1 atom stereocenters. The highest BCUT2D eigenvalue weighted by molar-refractivity contribution is 5.40. The summed E-state index contributed by atoms with van der Waals surface area (Å²) in [5.74, 6) is 1.99. The summed E-state index contributed by atoms with van der Waals surface area (Å²) < 4.78 is 5.46. The number of hydrogen-bond donors (Lipinski definition) is 1. The van der Waals surface area contributed by atoms with Gasteiger partial charge in [-0.2, -0.15) is 0 Å². The van der Waals surface area contributed by atoms with Crippen LogP contribution in [0.1, 0.15) is 50.2 Å². The van der Waals surface area contributed by atoms with Gasteiger partial charge in [0.15, 0.2) is 0 Å². The molecule has 2 nitrogen and oxygen atoms in total. The molecule has 0 amide bonds. The van der Waals surface area contributed by atoms with Crippen molar-refractivity contribution in [3.63, 3.8) is 0 Å². The van der Waals surface area contributed by atoms with Gasteiger partial charge in [0, 0.05) is 0 Å². The Hall–Kier alpha value is -1.02. The minimum atomic E-state index is 0.459. The third-order valence-corrected chi connectivity index (χ3v) is 3.05. The van der Waals surface area contributed by atoms with Gasteiger partial charge in [0.05, 0.1) is 7.11 Å². The molecule has 90 valence electrons. The summed E-state index contributed by atoms with van der Waals surface area (Å²) in [4.78, 5) is 0. The van der Waals surface area contributed by atoms with Crippen LogP contribution in [0.5, 0.6) is 5.75 Å². The highest BCUT2D eigenvalue weighted by atomic mass is 16.5. The zero-order valence-corrected chi connectivity index (χ0v) is 10.8. The molecule has 0 aliphatic heterocycles. The molecule has 1 aromatic carbocycles. The van der Waals surface area contributed by atoms with E-state index in [2.05, 4.69) is 39.0 Å². The van der Waals surface area contributed by atoms with E-state index in [4.69, 9.17) is 10.5 Å². The van der Waals surface area contributed by atoms with Crippen molar-refractivity contribution in [3.05, 3.63) is 29.3 Å². The minimum absolute atomic E-state index is 0.459. The second kappa shape index (κ2) is 5.90. The number of rotatable bonds is 5. The smallest absolute Gasteiger partial charge is 0.122 e. The van der Waals surface area contributed by atoms with Gasteiger partial charge in [-0.1, -0.05) is 32.9 Å². The highest BCUT2D eigenvalue weighted by Gasteiger charge is 2.12. The molecular weight excluding hydrogens is 198 g/mol. The molecule has 0 heterocycles. The maximum absolute atomic E-state index is 5.60. The standard InChI is InChI=1S/C14H23NO/c1-10(2)12-5-6-13(11(3)7-8-15)14(9-12)16-4/h5-6,9-11H,7-8,15H2,1-4H3. The number of benzene rings is 1. The van der Waals surface area contributed by atoms with E-state index in [1.54, 1.807) is 7.11 Å². The first-order valence-corrected chi connectivity index (χ1v) is 5.98. The molecular formula is C14H23NO. The molecule has 0 bridgehead atoms. The Kier molecular flexibility index (Phi) is 4.81. The van der Waals surface area contributed by atoms with Gasteiger partial charge in [0.1, 0.15) is 5.75 Å². The summed E-state index contributed by atoms with van der Waals surface area (Å²) in [6, 6.07) is 6.51. The predicted octanol–water partition coefficient (Wildman–Crippen LogP) is 3.27. The largest absolute Gasteiger partial charge is 0.496 e. The van der Waals surface area contributed by atoms with Crippen molar-refractivity contribution in [1.29, 1.82) is 0 Å². The van der Waals surface area contributed by atoms with Crippen LogP contribution in [-0.4, -0.2) is 13.7 Å². The molecule has 0 fully saturated rings. The second-order valence-electron chi connectivity index (χ2n) is 4.63. The summed E-state index contributed by atoms with van der Waals surface area (Å²) in [5, 5.41) is 0. The van der Waals surface area contributed by atoms with Gasteiger partial charge in [-0.25, -0.2) is 0 Å². The van der Waals surface area contributed by atoms with Gasteiger partial charge in [0.25, 0.3) is 0 Å². The quantitative estimate of drug-likeness (QED) is 0.828. The molecule has 0 aliphatic carbocycles. The van der Waals surface area contributed by atoms with E-state index in [0.29, 0.717) is 11.8 Å². The van der Waals surface area contributed by atoms with Gasteiger partial charge in [0.2, 0.25) is 0 Å². The topological polar surface area (TPSA) is 35.2 Å². The zero-order valence-electron chi connectivity index (χ0n) is 10.8. The van der Waals surface area contributed by atoms with Crippen molar-refractivity contribution in [3.8, 4) is 5.75 Å². The van der Waals surface area contributed by atoms with E-state index in [9.17, 15) is 0 Å². The Balaban J connectivity index is 3.01. The molecule has 0 aliphatic rings. The molecule has 0 aromatic heterocycles. The molecule has 2 N–H and O–H groups in total. The van der Waals surface area contributed by atoms with Gasteiger partial charge in [-0.05, 0) is 42.0 Å². The fourth-order valence-electron chi connectivity index (χ4n) is 1.90. The third kappa shape index (κ3) is 2.99. The monoisotopic (exact) mass is 221 g/mol. The second-order valence-corrected chi connectivity index (χ2v) is 4.63. The Morgan fingerprint density at radius 1 is 1.25 bits per heavy atom. The van der Waals surface area contributed by atoms with Gasteiger partial charge in [-0.15, -0.1) is 0 Å². The lowest BCUT2D eigenvalue weighted by Gasteiger charge is -2.17. The molecule has 1 rings (SSSR count). The maximum Gasteiger partial charge on any atom is 0.122 e. The van der Waals surface area contributed by atoms with Crippen molar-refractivity contribution in [2.24, 2.45) is 5.73 Å². The molecule has 1 aromatic rings. The van der Waals surface area contributed by atoms with Crippen molar-refractivity contribution in [2.75, 3.05) is 13.7 Å². The van der Waals surface area contributed by atoms with Crippen LogP contribution in [0, 0.1) is 0 Å². The molecule has 0 saturated carbocycles. The van der Waals surface area contributed by atoms with E-state index >= 15 is 0 Å². The molecule has 0 saturated heterocycles. The van der Waals surface area contributed by atoms with E-state index in [-0.39, 0.29) is 0 Å². The van der Waals surface area contributed by atoms with Crippen molar-refractivity contribution >= 4 is 0 Å². The Morgan fingerprint density at radius 3 is 2.44 bits per heavy atom. The zero-order chi connectivity index (χ0) is 12.1. The van der Waals surface area contributed by atoms with Gasteiger partial charge in [-0.3, -0.25) is 0 Å². The number of ether oxygens (including phenoxy) is 1. The Bertz CT molecular complexity index is 334. The summed E-state index contributed by atoms with van der Waals surface area (Å²) >= 11 is 0. The fourth-order valence-corrected chi connectivity index (χ4v) is 1.90. The van der Waals surface area contributed by atoms with E-state index < -0.39 is 0 Å². The molecule has 0 spiro atoms. The summed E-state index contributed by atoms with van der Waals surface area (Å²) in [5.41, 5.74) is 8.18. The number of hydrogen-bond acceptors (Lipinski definition) is 2. The van der Waals surface area contributed by atoms with Crippen LogP contribution in [-0.2, 0) is 0 Å². The Morgan fingerprint density at radius 2 is 1.94 bits per heavy atom. The molecule has 2 heteroatoms. The third-order valence-electron chi connectivity index (χ3n) is 3.05. The van der Waals surface area contributed by atoms with E-state index in [1.807, 2.05) is 0 Å². The van der Waals surface area contributed by atoms with Crippen LogP contribution < -0.4 is 10.5 Å². The highest BCUT2D eigenvalue weighted by Crippen LogP contribution is 2.31. The van der Waals surface area contributed by atoms with Crippen LogP contribution in [0.2, 0.25) is 0 Å². The fraction of sp³-hybridized carbons (Fsp3) is 0.571. The predicted molar refractivity (Wildman–Crippen MR) is 69.2 cm³/mol. The molecule has 1 unspecified atom stereocenters. The summed E-state index contributed by atoms with van der Waals surface area (Å²) in [6.07, 6.45) is 0.997. The van der Waals surface area contributed by atoms with Gasteiger partial charge < -0.3 is 10.5 Å².